The zero-order valence-corrected chi connectivity index (χ0v) is 9.80. The second kappa shape index (κ2) is 4.94. The Balaban J connectivity index is 1.78. The summed E-state index contributed by atoms with van der Waals surface area (Å²) in [6.45, 7) is 0.922. The van der Waals surface area contributed by atoms with Crippen molar-refractivity contribution in [2.24, 2.45) is 5.92 Å². The van der Waals surface area contributed by atoms with E-state index in [1.54, 1.807) is 6.07 Å². The minimum Gasteiger partial charge on any atom is -0.466 e. The van der Waals surface area contributed by atoms with Gasteiger partial charge in [0, 0.05) is 6.07 Å². The van der Waals surface area contributed by atoms with Gasteiger partial charge in [-0.05, 0) is 46.8 Å². The van der Waals surface area contributed by atoms with E-state index in [0.717, 1.165) is 11.1 Å². The highest BCUT2D eigenvalue weighted by molar-refractivity contribution is 9.10. The summed E-state index contributed by atoms with van der Waals surface area (Å²) < 4.78 is 24.2. The molecular weight excluding hydrogens is 263 g/mol. The molecule has 1 fully saturated rings. The Kier molecular flexibility index (Phi) is 3.59. The van der Waals surface area contributed by atoms with Gasteiger partial charge in [-0.25, -0.2) is 4.39 Å². The monoisotopic (exact) mass is 274 g/mol. The fourth-order valence-electron chi connectivity index (χ4n) is 1.19. The highest BCUT2D eigenvalue weighted by Gasteiger charge is 2.21. The number of hydrogen-bond donors (Lipinski definition) is 0. The molecule has 0 atom stereocenters. The molecule has 82 valence electrons. The normalized spacial score (nSPS) is 15.3. The van der Waals surface area contributed by atoms with Crippen LogP contribution in [0.25, 0.3) is 0 Å². The molecule has 2 nitrogen and oxygen atoms in total. The van der Waals surface area contributed by atoms with E-state index in [2.05, 4.69) is 15.9 Å². The van der Waals surface area contributed by atoms with Gasteiger partial charge in [-0.3, -0.25) is 0 Å². The Labute approximate surface area is 96.5 Å². The highest BCUT2D eigenvalue weighted by Crippen LogP contribution is 2.29. The van der Waals surface area contributed by atoms with Crippen LogP contribution in [0, 0.1) is 11.7 Å². The Morgan fingerprint density at radius 1 is 1.40 bits per heavy atom. The smallest absolute Gasteiger partial charge is 0.189 e. The first kappa shape index (κ1) is 10.9. The van der Waals surface area contributed by atoms with E-state index in [-0.39, 0.29) is 12.6 Å². The third-order valence-corrected chi connectivity index (χ3v) is 2.90. The summed E-state index contributed by atoms with van der Waals surface area (Å²) in [6.07, 6.45) is 2.51. The lowest BCUT2D eigenvalue weighted by atomic mass is 10.3. The number of hydrogen-bond acceptors (Lipinski definition) is 2. The molecule has 1 aliphatic carbocycles. The third kappa shape index (κ3) is 3.47. The summed E-state index contributed by atoms with van der Waals surface area (Å²) in [5, 5.41) is 0. The largest absolute Gasteiger partial charge is 0.466 e. The molecule has 2 rings (SSSR count). The lowest BCUT2D eigenvalue weighted by molar-refractivity contribution is 0.00942. The van der Waals surface area contributed by atoms with Crippen molar-refractivity contribution in [1.29, 1.82) is 0 Å². The summed E-state index contributed by atoms with van der Waals surface area (Å²) >= 11 is 3.28. The summed E-state index contributed by atoms with van der Waals surface area (Å²) in [4.78, 5) is 0. The maximum atomic E-state index is 12.9. The Hall–Kier alpha value is -0.610. The summed E-state index contributed by atoms with van der Waals surface area (Å²) in [7, 11) is 0. The Morgan fingerprint density at radius 3 is 2.93 bits per heavy atom. The molecule has 0 radical (unpaired) electrons. The van der Waals surface area contributed by atoms with Gasteiger partial charge in [0.1, 0.15) is 11.6 Å². The van der Waals surface area contributed by atoms with Crippen LogP contribution in [0.2, 0.25) is 0 Å². The maximum absolute atomic E-state index is 12.9. The van der Waals surface area contributed by atoms with Gasteiger partial charge in [-0.1, -0.05) is 0 Å². The van der Waals surface area contributed by atoms with Crippen LogP contribution in [0.3, 0.4) is 0 Å². The van der Waals surface area contributed by atoms with Crippen molar-refractivity contribution in [1.82, 2.24) is 0 Å². The van der Waals surface area contributed by atoms with E-state index in [1.807, 2.05) is 0 Å². The fourth-order valence-corrected chi connectivity index (χ4v) is 1.55. The first-order valence-corrected chi connectivity index (χ1v) is 5.70. The van der Waals surface area contributed by atoms with Crippen molar-refractivity contribution >= 4 is 15.9 Å². The fraction of sp³-hybridized carbons (Fsp3) is 0.455. The molecule has 0 heterocycles. The van der Waals surface area contributed by atoms with Crippen molar-refractivity contribution in [3.63, 3.8) is 0 Å². The van der Waals surface area contributed by atoms with Gasteiger partial charge in [-0.2, -0.15) is 0 Å². The maximum Gasteiger partial charge on any atom is 0.189 e. The third-order valence-electron chi connectivity index (χ3n) is 2.24. The van der Waals surface area contributed by atoms with Crippen molar-refractivity contribution in [2.75, 3.05) is 13.4 Å². The van der Waals surface area contributed by atoms with Crippen LogP contribution >= 0.6 is 15.9 Å². The van der Waals surface area contributed by atoms with Crippen LogP contribution in [-0.2, 0) is 4.74 Å². The van der Waals surface area contributed by atoms with Crippen molar-refractivity contribution in [3.8, 4) is 5.75 Å². The molecule has 0 spiro atoms. The second-order valence-corrected chi connectivity index (χ2v) is 4.51. The minimum atomic E-state index is -0.310. The Morgan fingerprint density at radius 2 is 2.20 bits per heavy atom. The van der Waals surface area contributed by atoms with Crippen molar-refractivity contribution < 1.29 is 13.9 Å². The van der Waals surface area contributed by atoms with E-state index in [0.29, 0.717) is 11.7 Å². The number of ether oxygens (including phenoxy) is 2. The molecule has 1 aromatic rings. The van der Waals surface area contributed by atoms with E-state index in [9.17, 15) is 4.39 Å². The average Bonchev–Trinajstić information content (AvgIpc) is 3.01. The summed E-state index contributed by atoms with van der Waals surface area (Å²) in [5.74, 6) is 0.880. The van der Waals surface area contributed by atoms with Crippen LogP contribution in [0.15, 0.2) is 22.7 Å². The van der Waals surface area contributed by atoms with E-state index < -0.39 is 0 Å². The van der Waals surface area contributed by atoms with Gasteiger partial charge in [0.05, 0.1) is 11.1 Å². The molecule has 1 aromatic carbocycles. The zero-order valence-electron chi connectivity index (χ0n) is 8.21. The first-order chi connectivity index (χ1) is 7.25. The molecule has 4 heteroatoms. The summed E-state index contributed by atoms with van der Waals surface area (Å²) in [5.41, 5.74) is 0. The molecule has 0 amide bonds. The predicted octanol–water partition coefficient (Wildman–Crippen LogP) is 3.35. The Bertz CT molecular complexity index is 339. The van der Waals surface area contributed by atoms with Gasteiger partial charge < -0.3 is 9.47 Å². The SMILES string of the molecule is Fc1ccc(Br)c(OCOCC2CC2)c1. The van der Waals surface area contributed by atoms with Crippen LogP contribution < -0.4 is 4.74 Å². The van der Waals surface area contributed by atoms with Gasteiger partial charge in [0.15, 0.2) is 6.79 Å². The topological polar surface area (TPSA) is 18.5 Å². The summed E-state index contributed by atoms with van der Waals surface area (Å²) in [6, 6.07) is 4.33. The average molecular weight is 275 g/mol. The predicted molar refractivity (Wildman–Crippen MR) is 58.3 cm³/mol. The van der Waals surface area contributed by atoms with Gasteiger partial charge >= 0.3 is 0 Å². The number of rotatable bonds is 5. The van der Waals surface area contributed by atoms with Crippen LogP contribution in [0.5, 0.6) is 5.75 Å². The van der Waals surface area contributed by atoms with Gasteiger partial charge in [0.2, 0.25) is 0 Å². The molecule has 1 saturated carbocycles. The number of benzene rings is 1. The number of halogens is 2. The molecule has 0 bridgehead atoms. The van der Waals surface area contributed by atoms with Crippen LogP contribution in [0.1, 0.15) is 12.8 Å². The first-order valence-electron chi connectivity index (χ1n) is 4.91. The second-order valence-electron chi connectivity index (χ2n) is 3.65. The molecule has 1 aliphatic rings. The quantitative estimate of drug-likeness (QED) is 0.606. The van der Waals surface area contributed by atoms with Crippen LogP contribution in [0.4, 0.5) is 4.39 Å². The molecule has 0 aliphatic heterocycles. The van der Waals surface area contributed by atoms with E-state index in [4.69, 9.17) is 9.47 Å². The molecule has 15 heavy (non-hydrogen) atoms. The highest BCUT2D eigenvalue weighted by atomic mass is 79.9. The lowest BCUT2D eigenvalue weighted by Gasteiger charge is -2.08. The van der Waals surface area contributed by atoms with Crippen molar-refractivity contribution in [3.05, 3.63) is 28.5 Å². The van der Waals surface area contributed by atoms with E-state index >= 15 is 0 Å². The van der Waals surface area contributed by atoms with Crippen LogP contribution in [-0.4, -0.2) is 13.4 Å². The zero-order chi connectivity index (χ0) is 10.7. The minimum absolute atomic E-state index is 0.179. The molecule has 0 saturated heterocycles. The van der Waals surface area contributed by atoms with Gasteiger partial charge in [0.25, 0.3) is 0 Å². The molecule has 0 N–H and O–H groups in total. The van der Waals surface area contributed by atoms with Gasteiger partial charge in [-0.15, -0.1) is 0 Å². The molecule has 0 unspecified atom stereocenters. The standard InChI is InChI=1S/C11H12BrFO2/c12-10-4-3-9(13)5-11(10)15-7-14-6-8-1-2-8/h3-5,8H,1-2,6-7H2. The molecule has 0 aromatic heterocycles. The van der Waals surface area contributed by atoms with Crippen molar-refractivity contribution in [2.45, 2.75) is 12.8 Å². The van der Waals surface area contributed by atoms with E-state index in [1.165, 1.54) is 25.0 Å². The molecular formula is C11H12BrFO2. The lowest BCUT2D eigenvalue weighted by Crippen LogP contribution is -2.05.